The van der Waals surface area contributed by atoms with Crippen molar-refractivity contribution in [2.45, 2.75) is 6.10 Å². The van der Waals surface area contributed by atoms with Crippen LogP contribution >= 0.6 is 0 Å². The smallest absolute Gasteiger partial charge is 0.245 e. The van der Waals surface area contributed by atoms with E-state index < -0.39 is 18.6 Å². The SMILES string of the molecule is O=C(CO)NCC(O)c1ccccc1. The maximum Gasteiger partial charge on any atom is 0.245 e. The summed E-state index contributed by atoms with van der Waals surface area (Å²) in [5, 5.41) is 20.4. The lowest BCUT2D eigenvalue weighted by Gasteiger charge is -2.11. The maximum absolute atomic E-state index is 10.7. The Balaban J connectivity index is 2.43. The van der Waals surface area contributed by atoms with Crippen molar-refractivity contribution >= 4 is 5.91 Å². The van der Waals surface area contributed by atoms with Crippen molar-refractivity contribution in [3.63, 3.8) is 0 Å². The van der Waals surface area contributed by atoms with Crippen molar-refractivity contribution in [1.82, 2.24) is 5.32 Å². The topological polar surface area (TPSA) is 69.6 Å². The van der Waals surface area contributed by atoms with Crippen LogP contribution < -0.4 is 5.32 Å². The Hall–Kier alpha value is -1.39. The number of rotatable bonds is 4. The number of nitrogens with one attached hydrogen (secondary N) is 1. The number of hydrogen-bond donors (Lipinski definition) is 3. The van der Waals surface area contributed by atoms with E-state index in [1.807, 2.05) is 18.2 Å². The third-order valence-electron chi connectivity index (χ3n) is 1.82. The second-order valence-corrected chi connectivity index (χ2v) is 2.89. The Kier molecular flexibility index (Phi) is 4.10. The minimum absolute atomic E-state index is 0.114. The molecule has 0 radical (unpaired) electrons. The fourth-order valence-electron chi connectivity index (χ4n) is 1.06. The van der Waals surface area contributed by atoms with E-state index in [-0.39, 0.29) is 6.54 Å². The van der Waals surface area contributed by atoms with Gasteiger partial charge in [0.2, 0.25) is 5.91 Å². The van der Waals surface area contributed by atoms with Gasteiger partial charge in [0.1, 0.15) is 6.61 Å². The van der Waals surface area contributed by atoms with Crippen molar-refractivity contribution in [2.24, 2.45) is 0 Å². The van der Waals surface area contributed by atoms with E-state index in [1.165, 1.54) is 0 Å². The molecule has 0 saturated heterocycles. The third-order valence-corrected chi connectivity index (χ3v) is 1.82. The summed E-state index contributed by atoms with van der Waals surface area (Å²) >= 11 is 0. The first kappa shape index (κ1) is 10.7. The van der Waals surface area contributed by atoms with Crippen LogP contribution in [0.5, 0.6) is 0 Å². The molecule has 76 valence electrons. The molecule has 0 spiro atoms. The Bertz CT molecular complexity index is 287. The zero-order valence-corrected chi connectivity index (χ0v) is 7.68. The molecular weight excluding hydrogens is 182 g/mol. The predicted octanol–water partition coefficient (Wildman–Crippen LogP) is -0.172. The molecule has 3 N–H and O–H groups in total. The molecule has 0 saturated carbocycles. The van der Waals surface area contributed by atoms with Gasteiger partial charge in [-0.3, -0.25) is 4.79 Å². The monoisotopic (exact) mass is 195 g/mol. The summed E-state index contributed by atoms with van der Waals surface area (Å²) in [6.45, 7) is -0.440. The summed E-state index contributed by atoms with van der Waals surface area (Å²) in [7, 11) is 0. The van der Waals surface area contributed by atoms with Crippen LogP contribution in [0.2, 0.25) is 0 Å². The van der Waals surface area contributed by atoms with Crippen LogP contribution in [0.15, 0.2) is 30.3 Å². The third kappa shape index (κ3) is 3.16. The molecule has 1 amide bonds. The molecule has 0 aliphatic heterocycles. The van der Waals surface area contributed by atoms with E-state index in [0.29, 0.717) is 0 Å². The Labute approximate surface area is 82.2 Å². The Morgan fingerprint density at radius 3 is 2.57 bits per heavy atom. The number of amides is 1. The first-order valence-corrected chi connectivity index (χ1v) is 4.34. The van der Waals surface area contributed by atoms with E-state index >= 15 is 0 Å². The van der Waals surface area contributed by atoms with Gasteiger partial charge >= 0.3 is 0 Å². The highest BCUT2D eigenvalue weighted by atomic mass is 16.3. The van der Waals surface area contributed by atoms with Gasteiger partial charge in [-0.2, -0.15) is 0 Å². The van der Waals surface area contributed by atoms with Crippen LogP contribution in [-0.2, 0) is 4.79 Å². The van der Waals surface area contributed by atoms with E-state index in [2.05, 4.69) is 5.32 Å². The van der Waals surface area contributed by atoms with Gasteiger partial charge in [0.15, 0.2) is 0 Å². The normalized spacial score (nSPS) is 12.1. The quantitative estimate of drug-likeness (QED) is 0.624. The van der Waals surface area contributed by atoms with Crippen LogP contribution in [0.1, 0.15) is 11.7 Å². The van der Waals surface area contributed by atoms with E-state index in [0.717, 1.165) is 5.56 Å². The molecule has 0 aliphatic carbocycles. The maximum atomic E-state index is 10.7. The average molecular weight is 195 g/mol. The minimum atomic E-state index is -0.730. The fraction of sp³-hybridized carbons (Fsp3) is 0.300. The Morgan fingerprint density at radius 1 is 1.36 bits per heavy atom. The summed E-state index contributed by atoms with van der Waals surface area (Å²) in [5.41, 5.74) is 0.741. The van der Waals surface area contributed by atoms with Crippen molar-refractivity contribution < 1.29 is 15.0 Å². The highest BCUT2D eigenvalue weighted by molar-refractivity contribution is 5.76. The molecule has 1 aromatic carbocycles. The molecule has 0 bridgehead atoms. The van der Waals surface area contributed by atoms with E-state index in [4.69, 9.17) is 5.11 Å². The number of hydrogen-bond acceptors (Lipinski definition) is 3. The van der Waals surface area contributed by atoms with Gasteiger partial charge in [-0.1, -0.05) is 30.3 Å². The van der Waals surface area contributed by atoms with E-state index in [9.17, 15) is 9.90 Å². The molecule has 14 heavy (non-hydrogen) atoms. The van der Waals surface area contributed by atoms with Gasteiger partial charge in [0, 0.05) is 6.54 Å². The summed E-state index contributed by atoms with van der Waals surface area (Å²) in [4.78, 5) is 10.7. The Morgan fingerprint density at radius 2 is 2.00 bits per heavy atom. The molecular formula is C10H13NO3. The van der Waals surface area contributed by atoms with Gasteiger partial charge in [0.25, 0.3) is 0 Å². The van der Waals surface area contributed by atoms with Crippen molar-refractivity contribution in [3.8, 4) is 0 Å². The predicted molar refractivity (Wildman–Crippen MR) is 51.5 cm³/mol. The minimum Gasteiger partial charge on any atom is -0.387 e. The van der Waals surface area contributed by atoms with Gasteiger partial charge in [0.05, 0.1) is 6.10 Å². The van der Waals surface area contributed by atoms with Crippen molar-refractivity contribution in [1.29, 1.82) is 0 Å². The van der Waals surface area contributed by atoms with Crippen LogP contribution in [0.25, 0.3) is 0 Å². The highest BCUT2D eigenvalue weighted by Crippen LogP contribution is 2.10. The average Bonchev–Trinajstić information content (AvgIpc) is 2.26. The molecule has 1 aromatic rings. The summed E-state index contributed by atoms with van der Waals surface area (Å²) in [5.74, 6) is -0.486. The molecule has 0 aliphatic rings. The number of aliphatic hydroxyl groups is 2. The zero-order valence-electron chi connectivity index (χ0n) is 7.68. The molecule has 0 heterocycles. The summed E-state index contributed by atoms with van der Waals surface area (Å²) in [6, 6.07) is 9.02. The van der Waals surface area contributed by atoms with Crippen LogP contribution in [-0.4, -0.2) is 29.3 Å². The number of carbonyl (C=O) groups is 1. The van der Waals surface area contributed by atoms with Gasteiger partial charge in [-0.15, -0.1) is 0 Å². The molecule has 1 atom stereocenters. The first-order valence-electron chi connectivity index (χ1n) is 4.34. The largest absolute Gasteiger partial charge is 0.387 e. The number of carbonyl (C=O) groups excluding carboxylic acids is 1. The second kappa shape index (κ2) is 5.36. The molecule has 4 heteroatoms. The lowest BCUT2D eigenvalue weighted by Crippen LogP contribution is -2.30. The van der Waals surface area contributed by atoms with Crippen molar-refractivity contribution in [2.75, 3.05) is 13.2 Å². The molecule has 1 unspecified atom stereocenters. The summed E-state index contributed by atoms with van der Waals surface area (Å²) in [6.07, 6.45) is -0.730. The number of aliphatic hydroxyl groups excluding tert-OH is 2. The lowest BCUT2D eigenvalue weighted by atomic mass is 10.1. The van der Waals surface area contributed by atoms with Crippen LogP contribution in [0.4, 0.5) is 0 Å². The van der Waals surface area contributed by atoms with Crippen molar-refractivity contribution in [3.05, 3.63) is 35.9 Å². The number of benzene rings is 1. The van der Waals surface area contributed by atoms with Gasteiger partial charge in [-0.05, 0) is 5.56 Å². The molecule has 1 rings (SSSR count). The fourth-order valence-corrected chi connectivity index (χ4v) is 1.06. The van der Waals surface area contributed by atoms with E-state index in [1.54, 1.807) is 12.1 Å². The second-order valence-electron chi connectivity index (χ2n) is 2.89. The standard InChI is InChI=1S/C10H13NO3/c12-7-10(14)11-6-9(13)8-4-2-1-3-5-8/h1-5,9,12-13H,6-7H2,(H,11,14). The molecule has 0 fully saturated rings. The zero-order chi connectivity index (χ0) is 10.4. The van der Waals surface area contributed by atoms with Crippen LogP contribution in [0.3, 0.4) is 0 Å². The highest BCUT2D eigenvalue weighted by Gasteiger charge is 2.07. The van der Waals surface area contributed by atoms with Gasteiger partial charge in [-0.25, -0.2) is 0 Å². The molecule has 0 aromatic heterocycles. The van der Waals surface area contributed by atoms with Crippen LogP contribution in [0, 0.1) is 0 Å². The van der Waals surface area contributed by atoms with Gasteiger partial charge < -0.3 is 15.5 Å². The first-order chi connectivity index (χ1) is 6.74. The lowest BCUT2D eigenvalue weighted by molar-refractivity contribution is -0.124. The molecule has 4 nitrogen and oxygen atoms in total. The summed E-state index contributed by atoms with van der Waals surface area (Å²) < 4.78 is 0.